The largest absolute Gasteiger partial charge is 0.394 e. The Bertz CT molecular complexity index is 885. The predicted octanol–water partition coefficient (Wildman–Crippen LogP) is 15.1. The van der Waals surface area contributed by atoms with Crippen molar-refractivity contribution < 1.29 is 20.1 Å². The third kappa shape index (κ3) is 42.5. The molecule has 0 aromatic rings. The van der Waals surface area contributed by atoms with Gasteiger partial charge in [0.1, 0.15) is 6.10 Å². The average Bonchev–Trinajstić information content (AvgIpc) is 3.22. The maximum atomic E-state index is 12.5. The summed E-state index contributed by atoms with van der Waals surface area (Å²) >= 11 is 0. The van der Waals surface area contributed by atoms with Crippen LogP contribution in [0.4, 0.5) is 0 Å². The molecule has 0 aliphatic carbocycles. The van der Waals surface area contributed by atoms with Gasteiger partial charge in [-0.1, -0.05) is 224 Å². The first kappa shape index (κ1) is 55.6. The molecule has 0 aliphatic rings. The van der Waals surface area contributed by atoms with E-state index in [4.69, 9.17) is 0 Å². The van der Waals surface area contributed by atoms with Crippen molar-refractivity contribution in [2.45, 2.75) is 283 Å². The molecule has 336 valence electrons. The number of amides is 1. The third-order valence-electron chi connectivity index (χ3n) is 11.7. The van der Waals surface area contributed by atoms with E-state index >= 15 is 0 Å². The van der Waals surface area contributed by atoms with Gasteiger partial charge in [0.05, 0.1) is 18.8 Å². The summed E-state index contributed by atoms with van der Waals surface area (Å²) < 4.78 is 0. The van der Waals surface area contributed by atoms with Crippen LogP contribution in [0.25, 0.3) is 0 Å². The van der Waals surface area contributed by atoms with Gasteiger partial charge in [0.25, 0.3) is 0 Å². The van der Waals surface area contributed by atoms with Crippen LogP contribution in [0.5, 0.6) is 0 Å². The van der Waals surface area contributed by atoms with Crippen LogP contribution in [-0.2, 0) is 4.79 Å². The van der Waals surface area contributed by atoms with Crippen molar-refractivity contribution in [1.82, 2.24) is 5.32 Å². The lowest BCUT2D eigenvalue weighted by molar-refractivity contribution is -0.124. The summed E-state index contributed by atoms with van der Waals surface area (Å²) in [4.78, 5) is 12.5. The molecule has 1 amide bonds. The van der Waals surface area contributed by atoms with Crippen LogP contribution in [0.2, 0.25) is 0 Å². The highest BCUT2D eigenvalue weighted by Crippen LogP contribution is 2.16. The fourth-order valence-electron chi connectivity index (χ4n) is 7.78. The Morgan fingerprint density at radius 1 is 0.439 bits per heavy atom. The minimum atomic E-state index is -1.16. The van der Waals surface area contributed by atoms with Gasteiger partial charge in [-0.15, -0.1) is 0 Å². The van der Waals surface area contributed by atoms with Gasteiger partial charge in [0.2, 0.25) is 5.91 Å². The molecule has 0 saturated heterocycles. The average molecular weight is 802 g/mol. The summed E-state index contributed by atoms with van der Waals surface area (Å²) in [6.07, 6.45) is 60.0. The first-order valence-corrected chi connectivity index (χ1v) is 25.3. The van der Waals surface area contributed by atoms with E-state index in [9.17, 15) is 20.1 Å². The Morgan fingerprint density at radius 2 is 0.754 bits per heavy atom. The highest BCUT2D eigenvalue weighted by Gasteiger charge is 2.26. The highest BCUT2D eigenvalue weighted by atomic mass is 16.3. The van der Waals surface area contributed by atoms with Crippen molar-refractivity contribution in [3.63, 3.8) is 0 Å². The van der Waals surface area contributed by atoms with E-state index in [1.165, 1.54) is 193 Å². The molecule has 0 aliphatic heterocycles. The van der Waals surface area contributed by atoms with E-state index in [1.54, 1.807) is 0 Å². The summed E-state index contributed by atoms with van der Waals surface area (Å²) in [5.41, 5.74) is 0. The van der Waals surface area contributed by atoms with Gasteiger partial charge in [0, 0.05) is 6.42 Å². The van der Waals surface area contributed by atoms with Gasteiger partial charge in [0.15, 0.2) is 0 Å². The number of unbranched alkanes of at least 4 members (excludes halogenated alkanes) is 32. The Morgan fingerprint density at radius 3 is 1.12 bits per heavy atom. The molecule has 3 unspecified atom stereocenters. The fraction of sp³-hybridized carbons (Fsp3) is 0.865. The molecule has 57 heavy (non-hydrogen) atoms. The smallest absolute Gasteiger partial charge is 0.220 e. The van der Waals surface area contributed by atoms with Crippen molar-refractivity contribution in [2.24, 2.45) is 0 Å². The molecule has 5 heteroatoms. The molecule has 5 nitrogen and oxygen atoms in total. The first-order chi connectivity index (χ1) is 28.1. The third-order valence-corrected chi connectivity index (χ3v) is 11.7. The Labute approximate surface area is 355 Å². The van der Waals surface area contributed by atoms with Crippen LogP contribution in [-0.4, -0.2) is 46.1 Å². The van der Waals surface area contributed by atoms with E-state index < -0.39 is 18.2 Å². The van der Waals surface area contributed by atoms with Crippen LogP contribution < -0.4 is 5.32 Å². The molecule has 0 aromatic carbocycles. The molecule has 0 saturated carbocycles. The lowest BCUT2D eigenvalue weighted by Crippen LogP contribution is -2.50. The number of carbonyl (C=O) groups excluding carboxylic acids is 1. The summed E-state index contributed by atoms with van der Waals surface area (Å²) in [5, 5.41) is 33.6. The van der Waals surface area contributed by atoms with Crippen molar-refractivity contribution in [3.8, 4) is 0 Å². The Balaban J connectivity index is 3.57. The molecular weight excluding hydrogens is 703 g/mol. The Hall–Kier alpha value is -1.43. The SMILES string of the molecule is CCCCCCCCCCC/C=C\C/C=C\CCCCCCCCCCCCCCCC(=O)NC(CO)C(O)C(O)CCC/C=C/CCCCCCCCCCC. The molecule has 0 spiro atoms. The normalized spacial score (nSPS) is 13.7. The summed E-state index contributed by atoms with van der Waals surface area (Å²) in [7, 11) is 0. The highest BCUT2D eigenvalue weighted by molar-refractivity contribution is 5.76. The van der Waals surface area contributed by atoms with Crippen molar-refractivity contribution >= 4 is 5.91 Å². The zero-order valence-electron chi connectivity index (χ0n) is 38.2. The number of allylic oxidation sites excluding steroid dienone is 6. The molecule has 0 rings (SSSR count). The minimum absolute atomic E-state index is 0.154. The topological polar surface area (TPSA) is 89.8 Å². The van der Waals surface area contributed by atoms with Crippen LogP contribution in [0.3, 0.4) is 0 Å². The number of carbonyl (C=O) groups is 1. The quantitative estimate of drug-likeness (QED) is 0.0365. The molecular formula is C52H99NO4. The lowest BCUT2D eigenvalue weighted by Gasteiger charge is -2.26. The predicted molar refractivity (Wildman–Crippen MR) is 250 cm³/mol. The van der Waals surface area contributed by atoms with E-state index in [-0.39, 0.29) is 12.5 Å². The van der Waals surface area contributed by atoms with E-state index in [0.717, 1.165) is 44.9 Å². The second-order valence-electron chi connectivity index (χ2n) is 17.4. The van der Waals surface area contributed by atoms with Gasteiger partial charge in [-0.05, 0) is 70.6 Å². The number of hydrogen-bond acceptors (Lipinski definition) is 4. The molecule has 3 atom stereocenters. The molecule has 0 radical (unpaired) electrons. The van der Waals surface area contributed by atoms with Crippen LogP contribution in [0.15, 0.2) is 36.5 Å². The molecule has 0 fully saturated rings. The fourth-order valence-corrected chi connectivity index (χ4v) is 7.78. The maximum Gasteiger partial charge on any atom is 0.220 e. The number of aliphatic hydroxyl groups is 3. The maximum absolute atomic E-state index is 12.5. The van der Waals surface area contributed by atoms with E-state index in [2.05, 4.69) is 55.6 Å². The van der Waals surface area contributed by atoms with Gasteiger partial charge in [-0.2, -0.15) is 0 Å². The lowest BCUT2D eigenvalue weighted by atomic mass is 10.0. The van der Waals surface area contributed by atoms with Crippen LogP contribution >= 0.6 is 0 Å². The number of aliphatic hydroxyl groups excluding tert-OH is 3. The zero-order chi connectivity index (χ0) is 41.5. The van der Waals surface area contributed by atoms with E-state index in [0.29, 0.717) is 12.8 Å². The van der Waals surface area contributed by atoms with E-state index in [1.807, 2.05) is 0 Å². The van der Waals surface area contributed by atoms with Crippen LogP contribution in [0.1, 0.15) is 264 Å². The number of nitrogens with one attached hydrogen (secondary N) is 1. The summed E-state index contributed by atoms with van der Waals surface area (Å²) in [6, 6.07) is -0.826. The number of hydrogen-bond donors (Lipinski definition) is 4. The minimum Gasteiger partial charge on any atom is -0.394 e. The second kappa shape index (κ2) is 47.3. The van der Waals surface area contributed by atoms with Crippen molar-refractivity contribution in [3.05, 3.63) is 36.5 Å². The first-order valence-electron chi connectivity index (χ1n) is 25.3. The monoisotopic (exact) mass is 802 g/mol. The Kier molecular flexibility index (Phi) is 46.1. The molecule has 0 aromatic heterocycles. The standard InChI is InChI=1S/C52H99NO4/c1-3-5-7-9-11-13-15-17-19-20-21-22-23-24-25-26-27-28-29-30-31-32-33-35-37-39-41-43-45-47-51(56)53-49(48-54)52(57)50(55)46-44-42-40-38-36-34-18-16-14-12-10-8-6-4-2/h21-22,24-25,38,40,49-50,52,54-55,57H,3-20,23,26-37,39,41-48H2,1-2H3,(H,53,56)/b22-21-,25-24-,40-38+. The summed E-state index contributed by atoms with van der Waals surface area (Å²) in [5.74, 6) is -0.154. The van der Waals surface area contributed by atoms with Gasteiger partial charge < -0.3 is 20.6 Å². The molecule has 0 bridgehead atoms. The molecule has 4 N–H and O–H groups in total. The zero-order valence-corrected chi connectivity index (χ0v) is 38.2. The van der Waals surface area contributed by atoms with Crippen LogP contribution in [0, 0.1) is 0 Å². The van der Waals surface area contributed by atoms with Gasteiger partial charge in [-0.25, -0.2) is 0 Å². The van der Waals surface area contributed by atoms with Gasteiger partial charge >= 0.3 is 0 Å². The molecule has 0 heterocycles. The van der Waals surface area contributed by atoms with Crippen molar-refractivity contribution in [2.75, 3.05) is 6.61 Å². The van der Waals surface area contributed by atoms with Crippen molar-refractivity contribution in [1.29, 1.82) is 0 Å². The van der Waals surface area contributed by atoms with Gasteiger partial charge in [-0.3, -0.25) is 4.79 Å². The second-order valence-corrected chi connectivity index (χ2v) is 17.4. The number of rotatable bonds is 46. The summed E-state index contributed by atoms with van der Waals surface area (Å²) in [6.45, 7) is 4.17.